The molecule has 1 aromatic heterocycles. The first-order valence-electron chi connectivity index (χ1n) is 7.97. The average molecular weight is 315 g/mol. The van der Waals surface area contributed by atoms with Gasteiger partial charge in [-0.1, -0.05) is 32.9 Å². The second kappa shape index (κ2) is 7.36. The second-order valence-corrected chi connectivity index (χ2v) is 6.43. The van der Waals surface area contributed by atoms with Crippen molar-refractivity contribution in [2.75, 3.05) is 13.2 Å². The van der Waals surface area contributed by atoms with Crippen LogP contribution in [0.4, 0.5) is 0 Å². The van der Waals surface area contributed by atoms with Gasteiger partial charge in [0.1, 0.15) is 12.4 Å². The zero-order valence-electron chi connectivity index (χ0n) is 14.3. The Morgan fingerprint density at radius 1 is 1.04 bits per heavy atom. The van der Waals surface area contributed by atoms with E-state index in [0.29, 0.717) is 25.5 Å². The lowest BCUT2D eigenvalue weighted by Crippen LogP contribution is -2.23. The van der Waals surface area contributed by atoms with Gasteiger partial charge in [-0.25, -0.2) is 0 Å². The predicted molar refractivity (Wildman–Crippen MR) is 92.5 cm³/mol. The average Bonchev–Trinajstić information content (AvgIpc) is 2.51. The SMILES string of the molecule is CCOc1cccn(CCOc2ccc(C(C)(C)C)cc2)c1=O. The zero-order valence-corrected chi connectivity index (χ0v) is 14.3. The molecular weight excluding hydrogens is 290 g/mol. The Labute approximate surface area is 137 Å². The molecule has 0 N–H and O–H groups in total. The van der Waals surface area contributed by atoms with E-state index in [-0.39, 0.29) is 11.0 Å². The van der Waals surface area contributed by atoms with Gasteiger partial charge < -0.3 is 14.0 Å². The maximum absolute atomic E-state index is 12.1. The highest BCUT2D eigenvalue weighted by molar-refractivity contribution is 5.31. The number of pyridine rings is 1. The molecule has 0 spiro atoms. The van der Waals surface area contributed by atoms with Crippen LogP contribution in [0.5, 0.6) is 11.5 Å². The van der Waals surface area contributed by atoms with Gasteiger partial charge in [-0.05, 0) is 42.2 Å². The fourth-order valence-electron chi connectivity index (χ4n) is 2.27. The summed E-state index contributed by atoms with van der Waals surface area (Å²) in [5.41, 5.74) is 1.28. The highest BCUT2D eigenvalue weighted by Crippen LogP contribution is 2.24. The molecule has 0 aliphatic heterocycles. The standard InChI is InChI=1S/C19H25NO3/c1-5-22-17-7-6-12-20(18(17)21)13-14-23-16-10-8-15(9-11-16)19(2,3)4/h6-12H,5,13-14H2,1-4H3. The van der Waals surface area contributed by atoms with Crippen LogP contribution in [-0.4, -0.2) is 17.8 Å². The van der Waals surface area contributed by atoms with Crippen LogP contribution in [0.1, 0.15) is 33.3 Å². The van der Waals surface area contributed by atoms with Crippen LogP contribution >= 0.6 is 0 Å². The molecule has 23 heavy (non-hydrogen) atoms. The van der Waals surface area contributed by atoms with Crippen LogP contribution < -0.4 is 15.0 Å². The van der Waals surface area contributed by atoms with Gasteiger partial charge in [-0.3, -0.25) is 4.79 Å². The van der Waals surface area contributed by atoms with E-state index in [9.17, 15) is 4.79 Å². The summed E-state index contributed by atoms with van der Waals surface area (Å²) in [6.45, 7) is 9.81. The van der Waals surface area contributed by atoms with E-state index in [0.717, 1.165) is 5.75 Å². The van der Waals surface area contributed by atoms with Crippen molar-refractivity contribution >= 4 is 0 Å². The molecule has 0 amide bonds. The van der Waals surface area contributed by atoms with Crippen LogP contribution in [0.3, 0.4) is 0 Å². The van der Waals surface area contributed by atoms with Crippen molar-refractivity contribution in [3.63, 3.8) is 0 Å². The second-order valence-electron chi connectivity index (χ2n) is 6.43. The van der Waals surface area contributed by atoms with Gasteiger partial charge in [-0.15, -0.1) is 0 Å². The van der Waals surface area contributed by atoms with Gasteiger partial charge >= 0.3 is 0 Å². The molecule has 2 aromatic rings. The Hall–Kier alpha value is -2.23. The minimum atomic E-state index is -0.124. The zero-order chi connectivity index (χ0) is 16.9. The maximum atomic E-state index is 12.1. The molecule has 0 bridgehead atoms. The lowest BCUT2D eigenvalue weighted by atomic mass is 9.87. The third-order valence-electron chi connectivity index (χ3n) is 3.61. The molecule has 0 aliphatic carbocycles. The Bertz CT molecular complexity index is 681. The number of hydrogen-bond acceptors (Lipinski definition) is 3. The molecule has 2 rings (SSSR count). The van der Waals surface area contributed by atoms with Crippen molar-refractivity contribution in [2.45, 2.75) is 39.7 Å². The Balaban J connectivity index is 1.95. The molecule has 4 heteroatoms. The minimum Gasteiger partial charge on any atom is -0.492 e. The first-order chi connectivity index (χ1) is 10.9. The number of benzene rings is 1. The largest absolute Gasteiger partial charge is 0.492 e. The topological polar surface area (TPSA) is 40.5 Å². The molecule has 124 valence electrons. The smallest absolute Gasteiger partial charge is 0.292 e. The summed E-state index contributed by atoms with van der Waals surface area (Å²) >= 11 is 0. The molecule has 1 aromatic carbocycles. The summed E-state index contributed by atoms with van der Waals surface area (Å²) in [5, 5.41) is 0. The number of nitrogens with zero attached hydrogens (tertiary/aromatic N) is 1. The molecule has 0 saturated heterocycles. The number of aromatic nitrogens is 1. The van der Waals surface area contributed by atoms with Crippen molar-refractivity contribution in [3.05, 3.63) is 58.5 Å². The molecule has 0 aliphatic rings. The molecule has 0 unspecified atom stereocenters. The Kier molecular flexibility index (Phi) is 5.48. The molecular formula is C19H25NO3. The first-order valence-corrected chi connectivity index (χ1v) is 7.97. The van der Waals surface area contributed by atoms with E-state index in [4.69, 9.17) is 9.47 Å². The van der Waals surface area contributed by atoms with Gasteiger partial charge in [-0.2, -0.15) is 0 Å². The van der Waals surface area contributed by atoms with Gasteiger partial charge in [0.25, 0.3) is 5.56 Å². The van der Waals surface area contributed by atoms with Crippen LogP contribution in [0.15, 0.2) is 47.4 Å². The summed E-state index contributed by atoms with van der Waals surface area (Å²) in [5.74, 6) is 1.19. The van der Waals surface area contributed by atoms with Gasteiger partial charge in [0.15, 0.2) is 5.75 Å². The predicted octanol–water partition coefficient (Wildman–Crippen LogP) is 3.62. The summed E-state index contributed by atoms with van der Waals surface area (Å²) in [6.07, 6.45) is 1.75. The molecule has 0 radical (unpaired) electrons. The van der Waals surface area contributed by atoms with Crippen LogP contribution in [-0.2, 0) is 12.0 Å². The number of ether oxygens (including phenoxy) is 2. The Morgan fingerprint density at radius 2 is 1.74 bits per heavy atom. The van der Waals surface area contributed by atoms with Crippen LogP contribution in [0.2, 0.25) is 0 Å². The van der Waals surface area contributed by atoms with Gasteiger partial charge in [0, 0.05) is 6.20 Å². The Morgan fingerprint density at radius 3 is 2.35 bits per heavy atom. The summed E-state index contributed by atoms with van der Waals surface area (Å²) in [6, 6.07) is 11.6. The fourth-order valence-corrected chi connectivity index (χ4v) is 2.27. The van der Waals surface area contributed by atoms with E-state index in [1.807, 2.05) is 25.1 Å². The van der Waals surface area contributed by atoms with Crippen molar-refractivity contribution in [2.24, 2.45) is 0 Å². The van der Waals surface area contributed by atoms with E-state index >= 15 is 0 Å². The molecule has 4 nitrogen and oxygen atoms in total. The molecule has 0 fully saturated rings. The van der Waals surface area contributed by atoms with Crippen molar-refractivity contribution in [3.8, 4) is 11.5 Å². The first kappa shape index (κ1) is 17.1. The summed E-state index contributed by atoms with van der Waals surface area (Å²) in [7, 11) is 0. The van der Waals surface area contributed by atoms with Gasteiger partial charge in [0.05, 0.1) is 13.2 Å². The summed E-state index contributed by atoms with van der Waals surface area (Å²) < 4.78 is 12.7. The van der Waals surface area contributed by atoms with Crippen LogP contribution in [0.25, 0.3) is 0 Å². The third-order valence-corrected chi connectivity index (χ3v) is 3.61. The van der Waals surface area contributed by atoms with E-state index in [1.54, 1.807) is 16.8 Å². The highest BCUT2D eigenvalue weighted by Gasteiger charge is 2.12. The van der Waals surface area contributed by atoms with Crippen molar-refractivity contribution in [1.82, 2.24) is 4.57 Å². The molecule has 0 saturated carbocycles. The van der Waals surface area contributed by atoms with E-state index < -0.39 is 0 Å². The summed E-state index contributed by atoms with van der Waals surface area (Å²) in [4.78, 5) is 12.1. The molecule has 0 atom stereocenters. The highest BCUT2D eigenvalue weighted by atomic mass is 16.5. The van der Waals surface area contributed by atoms with Crippen molar-refractivity contribution in [1.29, 1.82) is 0 Å². The van der Waals surface area contributed by atoms with Crippen molar-refractivity contribution < 1.29 is 9.47 Å². The lowest BCUT2D eigenvalue weighted by molar-refractivity contribution is 0.291. The van der Waals surface area contributed by atoms with Gasteiger partial charge in [0.2, 0.25) is 0 Å². The number of rotatable bonds is 6. The van der Waals surface area contributed by atoms with E-state index in [1.165, 1.54) is 5.56 Å². The monoisotopic (exact) mass is 315 g/mol. The normalized spacial score (nSPS) is 11.3. The van der Waals surface area contributed by atoms with Crippen LogP contribution in [0, 0.1) is 0 Å². The third kappa shape index (κ3) is 4.62. The maximum Gasteiger partial charge on any atom is 0.292 e. The quantitative estimate of drug-likeness (QED) is 0.817. The van der Waals surface area contributed by atoms with E-state index in [2.05, 4.69) is 32.9 Å². The fraction of sp³-hybridized carbons (Fsp3) is 0.421. The lowest BCUT2D eigenvalue weighted by Gasteiger charge is -2.19. The minimum absolute atomic E-state index is 0.124. The molecule has 1 heterocycles. The number of hydrogen-bond donors (Lipinski definition) is 0.